The number of amides is 1. The van der Waals surface area contributed by atoms with Crippen molar-refractivity contribution >= 4 is 11.7 Å². The van der Waals surface area contributed by atoms with Crippen LogP contribution < -0.4 is 11.1 Å². The van der Waals surface area contributed by atoms with E-state index in [1.165, 1.54) is 11.1 Å². The van der Waals surface area contributed by atoms with E-state index in [4.69, 9.17) is 5.73 Å². The Morgan fingerprint density at radius 1 is 1.40 bits per heavy atom. The molecule has 20 heavy (non-hydrogen) atoms. The molecule has 104 valence electrons. The summed E-state index contributed by atoms with van der Waals surface area (Å²) in [5.74, 6) is 0.717. The summed E-state index contributed by atoms with van der Waals surface area (Å²) in [6.07, 6.45) is 3.34. The Hall–Kier alpha value is -2.30. The zero-order valence-corrected chi connectivity index (χ0v) is 11.5. The molecule has 0 fully saturated rings. The van der Waals surface area contributed by atoms with Gasteiger partial charge in [0, 0.05) is 25.1 Å². The van der Waals surface area contributed by atoms with Crippen LogP contribution in [0.15, 0.2) is 30.5 Å². The summed E-state index contributed by atoms with van der Waals surface area (Å²) in [6, 6.07) is 8.24. The Bertz CT molecular complexity index is 622. The molecule has 3 N–H and O–H groups in total. The lowest BCUT2D eigenvalue weighted by Gasteiger charge is -2.10. The number of fused-ring (bicyclic) bond motifs is 1. The number of nitrogen functional groups attached to an aromatic ring is 1. The van der Waals surface area contributed by atoms with Crippen molar-refractivity contribution in [3.8, 4) is 0 Å². The molecule has 5 nitrogen and oxygen atoms in total. The molecule has 1 aliphatic rings. The van der Waals surface area contributed by atoms with Gasteiger partial charge < -0.3 is 11.1 Å². The number of nitrogens with zero attached hydrogens (tertiary/aromatic N) is 2. The molecular weight excluding hydrogens is 252 g/mol. The quantitative estimate of drug-likeness (QED) is 0.875. The van der Waals surface area contributed by atoms with Gasteiger partial charge in [0.2, 0.25) is 5.91 Å². The summed E-state index contributed by atoms with van der Waals surface area (Å²) in [6.45, 7) is 0.436. The van der Waals surface area contributed by atoms with Gasteiger partial charge in [-0.2, -0.15) is 5.10 Å². The van der Waals surface area contributed by atoms with Crippen molar-refractivity contribution in [1.82, 2.24) is 15.1 Å². The molecule has 0 atom stereocenters. The summed E-state index contributed by atoms with van der Waals surface area (Å²) in [4.78, 5) is 12.2. The third-order valence-electron chi connectivity index (χ3n) is 3.94. The molecule has 0 unspecified atom stereocenters. The lowest BCUT2D eigenvalue weighted by atomic mass is 10.1. The van der Waals surface area contributed by atoms with Crippen LogP contribution in [0.2, 0.25) is 0 Å². The van der Waals surface area contributed by atoms with Gasteiger partial charge in [-0.05, 0) is 24.0 Å². The number of carbonyl (C=O) groups excluding carboxylic acids is 1. The lowest BCUT2D eigenvalue weighted by molar-refractivity contribution is -0.124. The molecule has 0 saturated carbocycles. The molecule has 0 radical (unpaired) electrons. The Labute approximate surface area is 117 Å². The van der Waals surface area contributed by atoms with Crippen LogP contribution in [0.1, 0.15) is 16.7 Å². The second-order valence-corrected chi connectivity index (χ2v) is 5.27. The van der Waals surface area contributed by atoms with E-state index in [2.05, 4.69) is 22.5 Å². The zero-order valence-electron chi connectivity index (χ0n) is 11.5. The third-order valence-corrected chi connectivity index (χ3v) is 3.94. The van der Waals surface area contributed by atoms with Crippen LogP contribution in [-0.4, -0.2) is 15.7 Å². The molecule has 1 aromatic carbocycles. The summed E-state index contributed by atoms with van der Waals surface area (Å²) in [5.41, 5.74) is 9.29. The van der Waals surface area contributed by atoms with E-state index in [0.717, 1.165) is 18.4 Å². The predicted molar refractivity (Wildman–Crippen MR) is 76.8 cm³/mol. The van der Waals surface area contributed by atoms with Gasteiger partial charge in [0.15, 0.2) is 0 Å². The molecule has 1 aromatic heterocycles. The van der Waals surface area contributed by atoms with E-state index in [1.807, 2.05) is 12.1 Å². The number of anilines is 1. The van der Waals surface area contributed by atoms with Gasteiger partial charge >= 0.3 is 0 Å². The van der Waals surface area contributed by atoms with Crippen molar-refractivity contribution in [2.45, 2.75) is 19.4 Å². The van der Waals surface area contributed by atoms with E-state index < -0.39 is 0 Å². The van der Waals surface area contributed by atoms with Gasteiger partial charge in [-0.1, -0.05) is 24.3 Å². The third kappa shape index (κ3) is 2.27. The molecule has 0 spiro atoms. The normalized spacial score (nSPS) is 14.2. The first-order chi connectivity index (χ1) is 9.65. The van der Waals surface area contributed by atoms with Crippen LogP contribution in [0.3, 0.4) is 0 Å². The van der Waals surface area contributed by atoms with Crippen molar-refractivity contribution in [3.05, 3.63) is 47.2 Å². The Kier molecular flexibility index (Phi) is 3.18. The van der Waals surface area contributed by atoms with Crippen molar-refractivity contribution in [3.63, 3.8) is 0 Å². The predicted octanol–water partition coefficient (Wildman–Crippen LogP) is 1.03. The minimum Gasteiger partial charge on any atom is -0.384 e. The molecule has 0 bridgehead atoms. The average Bonchev–Trinajstić information content (AvgIpc) is 3.02. The number of nitrogens with two attached hydrogens (primary N) is 1. The highest BCUT2D eigenvalue weighted by Gasteiger charge is 2.26. The highest BCUT2D eigenvalue weighted by atomic mass is 16.1. The van der Waals surface area contributed by atoms with E-state index >= 15 is 0 Å². The molecule has 3 rings (SSSR count). The number of hydrogen-bond acceptors (Lipinski definition) is 3. The van der Waals surface area contributed by atoms with Crippen LogP contribution in [0.5, 0.6) is 0 Å². The fourth-order valence-electron chi connectivity index (χ4n) is 2.70. The van der Waals surface area contributed by atoms with Gasteiger partial charge in [0.1, 0.15) is 5.82 Å². The van der Waals surface area contributed by atoms with Crippen molar-refractivity contribution < 1.29 is 4.79 Å². The smallest absolute Gasteiger partial charge is 0.224 e. The van der Waals surface area contributed by atoms with Crippen LogP contribution >= 0.6 is 0 Å². The minimum absolute atomic E-state index is 0.0327. The van der Waals surface area contributed by atoms with Crippen molar-refractivity contribution in [2.75, 3.05) is 5.73 Å². The first-order valence-corrected chi connectivity index (χ1v) is 6.76. The van der Waals surface area contributed by atoms with Crippen molar-refractivity contribution in [2.24, 2.45) is 13.0 Å². The second-order valence-electron chi connectivity index (χ2n) is 5.27. The highest BCUT2D eigenvalue weighted by molar-refractivity contribution is 5.80. The van der Waals surface area contributed by atoms with Crippen LogP contribution in [0, 0.1) is 5.92 Å². The maximum absolute atomic E-state index is 12.2. The number of hydrogen-bond donors (Lipinski definition) is 2. The van der Waals surface area contributed by atoms with E-state index in [1.54, 1.807) is 17.9 Å². The summed E-state index contributed by atoms with van der Waals surface area (Å²) in [5, 5.41) is 7.02. The minimum atomic E-state index is 0.0327. The van der Waals surface area contributed by atoms with E-state index in [-0.39, 0.29) is 11.8 Å². The molecule has 0 saturated heterocycles. The second kappa shape index (κ2) is 5.00. The molecule has 5 heteroatoms. The van der Waals surface area contributed by atoms with E-state index in [9.17, 15) is 4.79 Å². The summed E-state index contributed by atoms with van der Waals surface area (Å²) < 4.78 is 1.60. The topological polar surface area (TPSA) is 72.9 Å². The maximum Gasteiger partial charge on any atom is 0.224 e. The average molecular weight is 270 g/mol. The molecule has 1 heterocycles. The molecule has 1 amide bonds. The molecular formula is C15H18N4O. The number of aromatic nitrogens is 2. The van der Waals surface area contributed by atoms with Gasteiger partial charge in [-0.3, -0.25) is 9.48 Å². The fraction of sp³-hybridized carbons (Fsp3) is 0.333. The molecule has 0 aliphatic heterocycles. The van der Waals surface area contributed by atoms with Gasteiger partial charge in [0.25, 0.3) is 0 Å². The first-order valence-electron chi connectivity index (χ1n) is 6.76. The number of benzene rings is 1. The molecule has 1 aliphatic carbocycles. The van der Waals surface area contributed by atoms with Crippen molar-refractivity contribution in [1.29, 1.82) is 0 Å². The number of aryl methyl sites for hydroxylation is 1. The number of carbonyl (C=O) groups is 1. The highest BCUT2D eigenvalue weighted by Crippen LogP contribution is 2.26. The van der Waals surface area contributed by atoms with Gasteiger partial charge in [-0.25, -0.2) is 0 Å². The monoisotopic (exact) mass is 270 g/mol. The SMILES string of the molecule is Cn1ncc(CNC(=O)C2Cc3ccccc3C2)c1N. The molecule has 2 aromatic rings. The standard InChI is InChI=1S/C15H18N4O/c1-19-14(16)13(9-18-19)8-17-15(20)12-6-10-4-2-3-5-11(10)7-12/h2-5,9,12H,6-8,16H2,1H3,(H,17,20). The Morgan fingerprint density at radius 3 is 2.60 bits per heavy atom. The number of nitrogens with one attached hydrogen (secondary N) is 1. The van der Waals surface area contributed by atoms with E-state index in [0.29, 0.717) is 12.4 Å². The summed E-state index contributed by atoms with van der Waals surface area (Å²) in [7, 11) is 1.79. The van der Waals surface area contributed by atoms with Crippen LogP contribution in [-0.2, 0) is 31.2 Å². The largest absolute Gasteiger partial charge is 0.384 e. The first kappa shape index (κ1) is 12.7. The van der Waals surface area contributed by atoms with Crippen LogP contribution in [0.4, 0.5) is 5.82 Å². The number of rotatable bonds is 3. The summed E-state index contributed by atoms with van der Waals surface area (Å²) >= 11 is 0. The Morgan fingerprint density at radius 2 is 2.05 bits per heavy atom. The Balaban J connectivity index is 1.60. The van der Waals surface area contributed by atoms with Crippen LogP contribution in [0.25, 0.3) is 0 Å². The van der Waals surface area contributed by atoms with Gasteiger partial charge in [0.05, 0.1) is 6.20 Å². The van der Waals surface area contributed by atoms with Gasteiger partial charge in [-0.15, -0.1) is 0 Å². The fourth-order valence-corrected chi connectivity index (χ4v) is 2.70. The maximum atomic E-state index is 12.2. The zero-order chi connectivity index (χ0) is 14.1. The lowest BCUT2D eigenvalue weighted by Crippen LogP contribution is -2.30.